The van der Waals surface area contributed by atoms with Crippen LogP contribution in [-0.4, -0.2) is 31.1 Å². The highest BCUT2D eigenvalue weighted by Crippen LogP contribution is 2.22. The molecular weight excluding hydrogens is 251 g/mol. The van der Waals surface area contributed by atoms with Crippen molar-refractivity contribution in [3.05, 3.63) is 35.1 Å². The minimum Gasteiger partial charge on any atom is -0.307 e. The number of halogens is 1. The van der Waals surface area contributed by atoms with Gasteiger partial charge in [-0.3, -0.25) is 0 Å². The lowest BCUT2D eigenvalue weighted by molar-refractivity contribution is 0.174. The fourth-order valence-corrected chi connectivity index (χ4v) is 3.12. The molecule has 1 aromatic carbocycles. The lowest BCUT2D eigenvalue weighted by atomic mass is 9.91. The van der Waals surface area contributed by atoms with E-state index in [9.17, 15) is 4.39 Å². The third kappa shape index (κ3) is 3.80. The minimum atomic E-state index is -0.110. The third-order valence-corrected chi connectivity index (χ3v) is 4.58. The fourth-order valence-electron chi connectivity index (χ4n) is 3.12. The van der Waals surface area contributed by atoms with E-state index in [0.29, 0.717) is 17.5 Å². The molecule has 3 heteroatoms. The van der Waals surface area contributed by atoms with Crippen LogP contribution in [0.25, 0.3) is 0 Å². The molecule has 3 unspecified atom stereocenters. The molecule has 0 spiro atoms. The average molecular weight is 278 g/mol. The fraction of sp³-hybridized carbons (Fsp3) is 0.647. The summed E-state index contributed by atoms with van der Waals surface area (Å²) in [6.45, 7) is 8.54. The number of nitrogens with zero attached hydrogens (tertiary/aromatic N) is 1. The zero-order valence-corrected chi connectivity index (χ0v) is 13.1. The highest BCUT2D eigenvalue weighted by Gasteiger charge is 2.24. The number of piperidine rings is 1. The van der Waals surface area contributed by atoms with Gasteiger partial charge in [-0.25, -0.2) is 4.39 Å². The molecular formula is C17H27FN2. The number of nitrogens with one attached hydrogen (secondary N) is 1. The van der Waals surface area contributed by atoms with Gasteiger partial charge in [-0.1, -0.05) is 12.1 Å². The Hall–Kier alpha value is -0.930. The second kappa shape index (κ2) is 6.68. The highest BCUT2D eigenvalue weighted by molar-refractivity contribution is 5.25. The molecule has 0 saturated carbocycles. The quantitative estimate of drug-likeness (QED) is 0.906. The third-order valence-electron chi connectivity index (χ3n) is 4.58. The Bertz CT molecular complexity index is 447. The molecule has 1 aliphatic heterocycles. The van der Waals surface area contributed by atoms with E-state index >= 15 is 0 Å². The summed E-state index contributed by atoms with van der Waals surface area (Å²) < 4.78 is 13.6. The van der Waals surface area contributed by atoms with Crippen molar-refractivity contribution < 1.29 is 4.39 Å². The molecule has 1 fully saturated rings. The topological polar surface area (TPSA) is 15.3 Å². The summed E-state index contributed by atoms with van der Waals surface area (Å²) in [5.74, 6) is 0.577. The van der Waals surface area contributed by atoms with Crippen LogP contribution >= 0.6 is 0 Å². The molecule has 1 aliphatic rings. The van der Waals surface area contributed by atoms with E-state index in [0.717, 1.165) is 12.1 Å². The second-order valence-corrected chi connectivity index (χ2v) is 6.35. The molecule has 0 aromatic heterocycles. The van der Waals surface area contributed by atoms with E-state index in [1.54, 1.807) is 13.0 Å². The van der Waals surface area contributed by atoms with Crippen LogP contribution in [-0.2, 0) is 0 Å². The van der Waals surface area contributed by atoms with Crippen molar-refractivity contribution in [2.45, 2.75) is 45.7 Å². The minimum absolute atomic E-state index is 0.110. The lowest BCUT2D eigenvalue weighted by Gasteiger charge is -2.35. The molecule has 0 radical (unpaired) electrons. The predicted octanol–water partition coefficient (Wildman–Crippen LogP) is 3.52. The summed E-state index contributed by atoms with van der Waals surface area (Å²) in [7, 11) is 2.19. The van der Waals surface area contributed by atoms with Crippen LogP contribution in [0, 0.1) is 18.7 Å². The Balaban J connectivity index is 1.95. The number of likely N-dealkylation sites (tertiary alicyclic amines) is 1. The van der Waals surface area contributed by atoms with Gasteiger partial charge in [0.1, 0.15) is 5.82 Å². The molecule has 112 valence electrons. The van der Waals surface area contributed by atoms with Crippen LogP contribution in [0.2, 0.25) is 0 Å². The summed E-state index contributed by atoms with van der Waals surface area (Å²) in [6.07, 6.45) is 2.56. The Morgan fingerprint density at radius 1 is 1.35 bits per heavy atom. The van der Waals surface area contributed by atoms with Gasteiger partial charge in [-0.05, 0) is 70.3 Å². The first kappa shape index (κ1) is 15.5. The van der Waals surface area contributed by atoms with Crippen LogP contribution in [0.5, 0.6) is 0 Å². The number of aryl methyl sites for hydroxylation is 1. The highest BCUT2D eigenvalue weighted by atomic mass is 19.1. The van der Waals surface area contributed by atoms with E-state index in [1.807, 2.05) is 12.1 Å². The molecule has 1 N–H and O–H groups in total. The average Bonchev–Trinajstić information content (AvgIpc) is 2.41. The van der Waals surface area contributed by atoms with Gasteiger partial charge in [-0.2, -0.15) is 0 Å². The number of hydrogen-bond acceptors (Lipinski definition) is 2. The Morgan fingerprint density at radius 2 is 2.10 bits per heavy atom. The maximum Gasteiger partial charge on any atom is 0.126 e. The van der Waals surface area contributed by atoms with Crippen LogP contribution < -0.4 is 5.32 Å². The van der Waals surface area contributed by atoms with Crippen molar-refractivity contribution in [3.63, 3.8) is 0 Å². The van der Waals surface area contributed by atoms with Crippen molar-refractivity contribution in [1.29, 1.82) is 0 Å². The van der Waals surface area contributed by atoms with Gasteiger partial charge in [0, 0.05) is 18.6 Å². The molecule has 2 rings (SSSR count). The molecule has 0 aliphatic carbocycles. The van der Waals surface area contributed by atoms with Crippen LogP contribution in [0.1, 0.15) is 43.9 Å². The molecule has 1 aromatic rings. The van der Waals surface area contributed by atoms with Crippen LogP contribution in [0.15, 0.2) is 18.2 Å². The van der Waals surface area contributed by atoms with E-state index in [4.69, 9.17) is 0 Å². The van der Waals surface area contributed by atoms with Crippen LogP contribution in [0.4, 0.5) is 4.39 Å². The van der Waals surface area contributed by atoms with Gasteiger partial charge in [0.15, 0.2) is 0 Å². The number of benzene rings is 1. The van der Waals surface area contributed by atoms with Gasteiger partial charge in [0.2, 0.25) is 0 Å². The molecule has 0 bridgehead atoms. The first-order valence-corrected chi connectivity index (χ1v) is 7.68. The molecule has 20 heavy (non-hydrogen) atoms. The maximum atomic E-state index is 13.6. The number of hydrogen-bond donors (Lipinski definition) is 1. The predicted molar refractivity (Wildman–Crippen MR) is 82.4 cm³/mol. The molecule has 3 atom stereocenters. The van der Waals surface area contributed by atoms with E-state index in [2.05, 4.69) is 31.1 Å². The van der Waals surface area contributed by atoms with Crippen molar-refractivity contribution in [2.75, 3.05) is 20.1 Å². The van der Waals surface area contributed by atoms with E-state index < -0.39 is 0 Å². The first-order valence-electron chi connectivity index (χ1n) is 7.68. The molecule has 1 saturated heterocycles. The first-order chi connectivity index (χ1) is 9.47. The second-order valence-electron chi connectivity index (χ2n) is 6.35. The van der Waals surface area contributed by atoms with Crippen molar-refractivity contribution >= 4 is 0 Å². The Kier molecular flexibility index (Phi) is 5.17. The SMILES string of the molecule is Cc1ccc(C(C)NC(C)C2CCCN(C)C2)cc1F. The summed E-state index contributed by atoms with van der Waals surface area (Å²) in [4.78, 5) is 2.41. The molecule has 2 nitrogen and oxygen atoms in total. The lowest BCUT2D eigenvalue weighted by Crippen LogP contribution is -2.43. The van der Waals surface area contributed by atoms with Gasteiger partial charge in [0.05, 0.1) is 0 Å². The van der Waals surface area contributed by atoms with Crippen molar-refractivity contribution in [3.8, 4) is 0 Å². The summed E-state index contributed by atoms with van der Waals surface area (Å²) >= 11 is 0. The zero-order chi connectivity index (χ0) is 14.7. The molecule has 0 amide bonds. The Morgan fingerprint density at radius 3 is 2.75 bits per heavy atom. The van der Waals surface area contributed by atoms with Crippen molar-refractivity contribution in [1.82, 2.24) is 10.2 Å². The van der Waals surface area contributed by atoms with E-state index in [-0.39, 0.29) is 11.9 Å². The van der Waals surface area contributed by atoms with Gasteiger partial charge in [0.25, 0.3) is 0 Å². The van der Waals surface area contributed by atoms with Gasteiger partial charge >= 0.3 is 0 Å². The monoisotopic (exact) mass is 278 g/mol. The standard InChI is InChI=1S/C17H27FN2/c1-12-7-8-15(10-17(12)18)13(2)19-14(3)16-6-5-9-20(4)11-16/h7-8,10,13-14,16,19H,5-6,9,11H2,1-4H3. The normalized spacial score (nSPS) is 23.6. The zero-order valence-electron chi connectivity index (χ0n) is 13.1. The Labute approximate surface area is 122 Å². The largest absolute Gasteiger partial charge is 0.307 e. The molecule has 1 heterocycles. The van der Waals surface area contributed by atoms with Gasteiger partial charge < -0.3 is 10.2 Å². The van der Waals surface area contributed by atoms with Crippen molar-refractivity contribution in [2.24, 2.45) is 5.92 Å². The van der Waals surface area contributed by atoms with Crippen LogP contribution in [0.3, 0.4) is 0 Å². The maximum absolute atomic E-state index is 13.6. The summed E-state index contributed by atoms with van der Waals surface area (Å²) in [5, 5.41) is 3.64. The van der Waals surface area contributed by atoms with E-state index in [1.165, 1.54) is 19.4 Å². The number of rotatable bonds is 4. The van der Waals surface area contributed by atoms with Gasteiger partial charge in [-0.15, -0.1) is 0 Å². The summed E-state index contributed by atoms with van der Waals surface area (Å²) in [5.41, 5.74) is 1.74. The summed E-state index contributed by atoms with van der Waals surface area (Å²) in [6, 6.07) is 6.19. The smallest absolute Gasteiger partial charge is 0.126 e.